The Kier molecular flexibility index (Phi) is 4.64. The minimum absolute atomic E-state index is 0.0327. The second kappa shape index (κ2) is 6.44. The first-order valence-corrected chi connectivity index (χ1v) is 6.16. The van der Waals surface area contributed by atoms with Crippen LogP contribution in [-0.2, 0) is 4.74 Å². The normalized spacial score (nSPS) is 16.3. The molecule has 1 fully saturated rings. The molecule has 0 spiro atoms. The highest BCUT2D eigenvalue weighted by atomic mass is 19.1. The van der Waals surface area contributed by atoms with Gasteiger partial charge in [-0.3, -0.25) is 9.69 Å². The van der Waals surface area contributed by atoms with Gasteiger partial charge in [-0.25, -0.2) is 9.37 Å². The number of nitrogens with two attached hydrogens (primary N) is 1. The molecular formula is C12H17FN4O2. The maximum absolute atomic E-state index is 13.0. The molecule has 0 unspecified atom stereocenters. The van der Waals surface area contributed by atoms with Gasteiger partial charge in [-0.2, -0.15) is 0 Å². The molecule has 0 atom stereocenters. The molecule has 1 aromatic rings. The summed E-state index contributed by atoms with van der Waals surface area (Å²) in [6.07, 6.45) is 0.986. The Morgan fingerprint density at radius 3 is 3.00 bits per heavy atom. The van der Waals surface area contributed by atoms with E-state index in [0.717, 1.165) is 31.9 Å². The highest BCUT2D eigenvalue weighted by Crippen LogP contribution is 2.09. The third-order valence-corrected chi connectivity index (χ3v) is 2.95. The van der Waals surface area contributed by atoms with Gasteiger partial charge >= 0.3 is 0 Å². The van der Waals surface area contributed by atoms with E-state index in [1.807, 2.05) is 0 Å². The first-order chi connectivity index (χ1) is 9.16. The number of rotatable bonds is 4. The van der Waals surface area contributed by atoms with Crippen LogP contribution in [0.4, 0.5) is 10.2 Å². The number of hydrogen-bond donors (Lipinski definition) is 2. The number of halogens is 1. The van der Waals surface area contributed by atoms with Gasteiger partial charge in [0.05, 0.1) is 25.0 Å². The lowest BCUT2D eigenvalue weighted by molar-refractivity contribution is 0.0383. The average Bonchev–Trinajstić information content (AvgIpc) is 2.42. The molecule has 7 heteroatoms. The topological polar surface area (TPSA) is 80.5 Å². The van der Waals surface area contributed by atoms with Crippen molar-refractivity contribution in [1.29, 1.82) is 0 Å². The summed E-state index contributed by atoms with van der Waals surface area (Å²) in [4.78, 5) is 17.6. The number of aromatic nitrogens is 1. The zero-order chi connectivity index (χ0) is 13.7. The summed E-state index contributed by atoms with van der Waals surface area (Å²) in [7, 11) is 0. The summed E-state index contributed by atoms with van der Waals surface area (Å²) in [6, 6.07) is 1.09. The Hall–Kier alpha value is -1.73. The van der Waals surface area contributed by atoms with E-state index in [0.29, 0.717) is 19.8 Å². The molecule has 0 radical (unpaired) electrons. The number of morpholine rings is 1. The molecule has 3 N–H and O–H groups in total. The third-order valence-electron chi connectivity index (χ3n) is 2.95. The van der Waals surface area contributed by atoms with Gasteiger partial charge in [-0.15, -0.1) is 0 Å². The van der Waals surface area contributed by atoms with Crippen LogP contribution >= 0.6 is 0 Å². The Morgan fingerprint density at radius 2 is 2.26 bits per heavy atom. The van der Waals surface area contributed by atoms with Crippen LogP contribution in [0.5, 0.6) is 0 Å². The molecule has 0 aliphatic carbocycles. The molecular weight excluding hydrogens is 251 g/mol. The van der Waals surface area contributed by atoms with Crippen molar-refractivity contribution < 1.29 is 13.9 Å². The van der Waals surface area contributed by atoms with Gasteiger partial charge in [-0.05, 0) is 6.07 Å². The van der Waals surface area contributed by atoms with Crippen molar-refractivity contribution in [1.82, 2.24) is 15.2 Å². The molecule has 0 saturated carbocycles. The van der Waals surface area contributed by atoms with Crippen molar-refractivity contribution in [2.45, 2.75) is 0 Å². The van der Waals surface area contributed by atoms with Crippen LogP contribution in [0.2, 0.25) is 0 Å². The van der Waals surface area contributed by atoms with Crippen LogP contribution < -0.4 is 11.1 Å². The maximum Gasteiger partial charge on any atom is 0.255 e. The van der Waals surface area contributed by atoms with E-state index in [1.54, 1.807) is 0 Å². The lowest BCUT2D eigenvalue weighted by Crippen LogP contribution is -2.41. The molecule has 1 amide bonds. The van der Waals surface area contributed by atoms with Crippen LogP contribution in [0.3, 0.4) is 0 Å². The van der Waals surface area contributed by atoms with Gasteiger partial charge in [-0.1, -0.05) is 0 Å². The summed E-state index contributed by atoms with van der Waals surface area (Å²) in [5.74, 6) is -0.949. The number of amides is 1. The molecule has 6 nitrogen and oxygen atoms in total. The summed E-state index contributed by atoms with van der Waals surface area (Å²) in [5, 5.41) is 2.71. The SMILES string of the molecule is Nc1ncc(F)cc1C(=O)NCCN1CCOCC1. The fourth-order valence-electron chi connectivity index (χ4n) is 1.88. The van der Waals surface area contributed by atoms with Crippen molar-refractivity contribution in [3.8, 4) is 0 Å². The highest BCUT2D eigenvalue weighted by molar-refractivity contribution is 5.98. The van der Waals surface area contributed by atoms with E-state index in [-0.39, 0.29) is 11.4 Å². The number of anilines is 1. The van der Waals surface area contributed by atoms with Crippen LogP contribution in [0, 0.1) is 5.82 Å². The Morgan fingerprint density at radius 1 is 1.53 bits per heavy atom. The predicted molar refractivity (Wildman–Crippen MR) is 68.2 cm³/mol. The lowest BCUT2D eigenvalue weighted by Gasteiger charge is -2.26. The molecule has 1 aliphatic heterocycles. The second-order valence-electron chi connectivity index (χ2n) is 4.30. The number of carbonyl (C=O) groups excluding carboxylic acids is 1. The summed E-state index contributed by atoms with van der Waals surface area (Å²) < 4.78 is 18.2. The monoisotopic (exact) mass is 268 g/mol. The average molecular weight is 268 g/mol. The van der Waals surface area contributed by atoms with Crippen LogP contribution in [0.25, 0.3) is 0 Å². The van der Waals surface area contributed by atoms with Crippen molar-refractivity contribution in [2.75, 3.05) is 45.1 Å². The smallest absolute Gasteiger partial charge is 0.255 e. The summed E-state index contributed by atoms with van der Waals surface area (Å²) in [6.45, 7) is 4.37. The minimum Gasteiger partial charge on any atom is -0.383 e. The van der Waals surface area contributed by atoms with E-state index in [2.05, 4.69) is 15.2 Å². The number of nitrogen functional groups attached to an aromatic ring is 1. The van der Waals surface area contributed by atoms with Gasteiger partial charge in [0.2, 0.25) is 0 Å². The largest absolute Gasteiger partial charge is 0.383 e. The molecule has 1 saturated heterocycles. The molecule has 2 heterocycles. The van der Waals surface area contributed by atoms with Gasteiger partial charge in [0, 0.05) is 26.2 Å². The lowest BCUT2D eigenvalue weighted by atomic mass is 10.2. The van der Waals surface area contributed by atoms with Gasteiger partial charge in [0.1, 0.15) is 11.6 Å². The van der Waals surface area contributed by atoms with Crippen molar-refractivity contribution in [2.24, 2.45) is 0 Å². The minimum atomic E-state index is -0.576. The highest BCUT2D eigenvalue weighted by Gasteiger charge is 2.13. The third kappa shape index (κ3) is 3.87. The summed E-state index contributed by atoms with van der Waals surface area (Å²) in [5.41, 5.74) is 5.61. The van der Waals surface area contributed by atoms with Gasteiger partial charge < -0.3 is 15.8 Å². The maximum atomic E-state index is 13.0. The number of pyridine rings is 1. The molecule has 0 bridgehead atoms. The molecule has 0 aromatic carbocycles. The quantitative estimate of drug-likeness (QED) is 0.795. The van der Waals surface area contributed by atoms with Crippen LogP contribution in [0.1, 0.15) is 10.4 Å². The molecule has 104 valence electrons. The zero-order valence-corrected chi connectivity index (χ0v) is 10.6. The Balaban J connectivity index is 1.82. The van der Waals surface area contributed by atoms with Crippen LogP contribution in [-0.4, -0.2) is 55.2 Å². The fraction of sp³-hybridized carbons (Fsp3) is 0.500. The summed E-state index contributed by atoms with van der Waals surface area (Å²) >= 11 is 0. The van der Waals surface area contributed by atoms with E-state index in [4.69, 9.17) is 10.5 Å². The standard InChI is InChI=1S/C12H17FN4O2/c13-9-7-10(11(14)16-8-9)12(18)15-1-2-17-3-5-19-6-4-17/h7-8H,1-6H2,(H2,14,16)(H,15,18). The van der Waals surface area contributed by atoms with E-state index in [1.165, 1.54) is 0 Å². The Labute approximate surface area is 110 Å². The number of carbonyl (C=O) groups is 1. The number of ether oxygens (including phenoxy) is 1. The van der Waals surface area contributed by atoms with Gasteiger partial charge in [0.15, 0.2) is 0 Å². The first kappa shape index (κ1) is 13.7. The predicted octanol–water partition coefficient (Wildman–Crippen LogP) is -0.135. The molecule has 1 aromatic heterocycles. The van der Waals surface area contributed by atoms with E-state index < -0.39 is 11.7 Å². The first-order valence-electron chi connectivity index (χ1n) is 6.16. The van der Waals surface area contributed by atoms with E-state index >= 15 is 0 Å². The van der Waals surface area contributed by atoms with Crippen molar-refractivity contribution in [3.05, 3.63) is 23.6 Å². The van der Waals surface area contributed by atoms with E-state index in [9.17, 15) is 9.18 Å². The molecule has 2 rings (SSSR count). The fourth-order valence-corrected chi connectivity index (χ4v) is 1.88. The van der Waals surface area contributed by atoms with Gasteiger partial charge in [0.25, 0.3) is 5.91 Å². The van der Waals surface area contributed by atoms with Crippen LogP contribution in [0.15, 0.2) is 12.3 Å². The Bertz CT molecular complexity index is 449. The molecule has 19 heavy (non-hydrogen) atoms. The number of hydrogen-bond acceptors (Lipinski definition) is 5. The number of nitrogens with one attached hydrogen (secondary N) is 1. The van der Waals surface area contributed by atoms with Crippen molar-refractivity contribution >= 4 is 11.7 Å². The number of nitrogens with zero attached hydrogens (tertiary/aromatic N) is 2. The van der Waals surface area contributed by atoms with Crippen molar-refractivity contribution in [3.63, 3.8) is 0 Å². The zero-order valence-electron chi connectivity index (χ0n) is 10.6. The molecule has 1 aliphatic rings. The second-order valence-corrected chi connectivity index (χ2v) is 4.30.